The molecule has 0 aliphatic heterocycles. The minimum Gasteiger partial charge on any atom is -0.240 e. The number of allylic oxidation sites excluding steroid dienone is 2. The molecule has 2 aromatic carbocycles. The van der Waals surface area contributed by atoms with Crippen LogP contribution in [0.2, 0.25) is 0 Å². The molecule has 0 aliphatic carbocycles. The van der Waals surface area contributed by atoms with Gasteiger partial charge in [-0.15, -0.1) is 10.2 Å². The Morgan fingerprint density at radius 1 is 1.07 bits per heavy atom. The Morgan fingerprint density at radius 2 is 1.61 bits per heavy atom. The molecule has 9 heteroatoms. The average molecular weight is 425 g/mol. The minimum atomic E-state index is -4.94. The molecular formula is C19H18Cl2N2O5. The fourth-order valence-corrected chi connectivity index (χ4v) is 2.85. The van der Waals surface area contributed by atoms with Gasteiger partial charge in [-0.3, -0.25) is 0 Å². The van der Waals surface area contributed by atoms with Crippen LogP contribution >= 0.6 is 11.6 Å². The third-order valence-electron chi connectivity index (χ3n) is 3.91. The molecule has 0 N–H and O–H groups in total. The molecule has 0 spiro atoms. The maximum Gasteiger partial charge on any atom is 0.350 e. The third-order valence-corrected chi connectivity index (χ3v) is 4.07. The Hall–Kier alpha value is -2.26. The molecule has 1 aromatic heterocycles. The first-order chi connectivity index (χ1) is 13.1. The van der Waals surface area contributed by atoms with Crippen LogP contribution in [0.5, 0.6) is 0 Å². The van der Waals surface area contributed by atoms with Gasteiger partial charge in [0.2, 0.25) is 0 Å². The van der Waals surface area contributed by atoms with Gasteiger partial charge in [0.05, 0.1) is 0 Å². The van der Waals surface area contributed by atoms with Gasteiger partial charge in [-0.25, -0.2) is 28.0 Å². The first-order valence-electron chi connectivity index (χ1n) is 8.13. The Balaban J connectivity index is 0.000000500. The zero-order valence-corrected chi connectivity index (χ0v) is 16.7. The van der Waals surface area contributed by atoms with Crippen LogP contribution in [0.25, 0.3) is 16.6 Å². The van der Waals surface area contributed by atoms with Crippen molar-refractivity contribution in [1.29, 1.82) is 0 Å². The standard InChI is InChI=1S/C19H18ClN2O.ClHO4/c1-14(20)12-13-21-15(2)22(16-8-4-3-5-9-16)19(23)17-10-6-7-11-18(17)21;2-1(3,4)5/h3-12H,13H2,1-2H3;(H,2,3,4,5)/q+1;/p-1/b14-12+;. The van der Waals surface area contributed by atoms with Gasteiger partial charge in [0.1, 0.15) is 23.1 Å². The lowest BCUT2D eigenvalue weighted by molar-refractivity contribution is -2.00. The van der Waals surface area contributed by atoms with Gasteiger partial charge in [0.25, 0.3) is 5.82 Å². The maximum atomic E-state index is 12.9. The molecule has 0 amide bonds. The largest absolute Gasteiger partial charge is 0.350 e. The second-order valence-corrected chi connectivity index (χ2v) is 7.17. The van der Waals surface area contributed by atoms with E-state index in [0.29, 0.717) is 11.9 Å². The van der Waals surface area contributed by atoms with Crippen LogP contribution in [-0.4, -0.2) is 4.57 Å². The highest BCUT2D eigenvalue weighted by atomic mass is 35.7. The Bertz CT molecular complexity index is 1030. The highest BCUT2D eigenvalue weighted by molar-refractivity contribution is 6.29. The van der Waals surface area contributed by atoms with Crippen molar-refractivity contribution in [3.8, 4) is 5.69 Å². The zero-order chi connectivity index (χ0) is 20.9. The fourth-order valence-electron chi connectivity index (χ4n) is 2.78. The molecule has 0 unspecified atom stereocenters. The molecule has 7 nitrogen and oxygen atoms in total. The number of nitrogens with zero attached hydrogens (tertiary/aromatic N) is 2. The summed E-state index contributed by atoms with van der Waals surface area (Å²) in [5.41, 5.74) is 1.77. The van der Waals surface area contributed by atoms with E-state index in [0.717, 1.165) is 22.1 Å². The monoisotopic (exact) mass is 424 g/mol. The van der Waals surface area contributed by atoms with E-state index < -0.39 is 10.2 Å². The molecule has 0 saturated carbocycles. The van der Waals surface area contributed by atoms with Gasteiger partial charge in [-0.2, -0.15) is 4.57 Å². The topological polar surface area (TPSA) is 118 Å². The van der Waals surface area contributed by atoms with Crippen LogP contribution in [0.15, 0.2) is 70.5 Å². The third kappa shape index (κ3) is 5.87. The van der Waals surface area contributed by atoms with Gasteiger partial charge >= 0.3 is 5.56 Å². The quantitative estimate of drug-likeness (QED) is 0.498. The van der Waals surface area contributed by atoms with E-state index >= 15 is 0 Å². The van der Waals surface area contributed by atoms with Crippen LogP contribution < -0.4 is 28.8 Å². The Kier molecular flexibility index (Phi) is 7.31. The van der Waals surface area contributed by atoms with Crippen molar-refractivity contribution in [2.45, 2.75) is 20.4 Å². The van der Waals surface area contributed by atoms with Crippen molar-refractivity contribution in [3.05, 3.63) is 81.9 Å². The van der Waals surface area contributed by atoms with E-state index in [1.807, 2.05) is 74.5 Å². The SMILES string of the molecule is C/C(Cl)=C\C[n+]1c(C)n(-c2ccccc2)c(=O)c2ccccc21.[O-][Cl+3]([O-])([O-])[O-]. The van der Waals surface area contributed by atoms with Gasteiger partial charge in [0, 0.05) is 12.0 Å². The second-order valence-electron chi connectivity index (χ2n) is 5.82. The van der Waals surface area contributed by atoms with E-state index in [2.05, 4.69) is 4.57 Å². The second kappa shape index (κ2) is 9.29. The highest BCUT2D eigenvalue weighted by Gasteiger charge is 2.21. The molecule has 0 atom stereocenters. The van der Waals surface area contributed by atoms with E-state index in [9.17, 15) is 4.79 Å². The van der Waals surface area contributed by atoms with Gasteiger partial charge in [-0.1, -0.05) is 41.9 Å². The Morgan fingerprint density at radius 3 is 2.18 bits per heavy atom. The van der Waals surface area contributed by atoms with E-state index in [4.69, 9.17) is 30.2 Å². The molecule has 3 aromatic rings. The lowest BCUT2D eigenvalue weighted by Gasteiger charge is -2.17. The van der Waals surface area contributed by atoms with Crippen LogP contribution in [0.3, 0.4) is 0 Å². The molecule has 0 saturated heterocycles. The van der Waals surface area contributed by atoms with Crippen molar-refractivity contribution in [3.63, 3.8) is 0 Å². The van der Waals surface area contributed by atoms with Crippen LogP contribution in [0.4, 0.5) is 0 Å². The van der Waals surface area contributed by atoms with Gasteiger partial charge in [-0.05, 0) is 37.3 Å². The summed E-state index contributed by atoms with van der Waals surface area (Å²) in [5, 5.41) is 1.43. The summed E-state index contributed by atoms with van der Waals surface area (Å²) in [6.45, 7) is 4.43. The smallest absolute Gasteiger partial charge is 0.240 e. The number of rotatable bonds is 3. The van der Waals surface area contributed by atoms with E-state index in [1.165, 1.54) is 0 Å². The summed E-state index contributed by atoms with van der Waals surface area (Å²) in [7, 11) is -4.94. The predicted molar refractivity (Wildman–Crippen MR) is 94.1 cm³/mol. The lowest BCUT2D eigenvalue weighted by Crippen LogP contribution is -2.68. The van der Waals surface area contributed by atoms with E-state index in [-0.39, 0.29) is 5.56 Å². The number of hydrogen-bond acceptors (Lipinski definition) is 5. The molecule has 1 heterocycles. The first-order valence-corrected chi connectivity index (χ1v) is 9.74. The van der Waals surface area contributed by atoms with E-state index in [1.54, 1.807) is 4.57 Å². The summed E-state index contributed by atoms with van der Waals surface area (Å²) >= 11 is 6.00. The normalized spacial score (nSPS) is 11.9. The number of halogens is 2. The summed E-state index contributed by atoms with van der Waals surface area (Å²) in [6.07, 6.45) is 1.95. The summed E-state index contributed by atoms with van der Waals surface area (Å²) in [4.78, 5) is 12.9. The van der Waals surface area contributed by atoms with Gasteiger partial charge in [0.15, 0.2) is 0 Å². The molecule has 0 aliphatic rings. The summed E-state index contributed by atoms with van der Waals surface area (Å²) in [5.74, 6) is 0.870. The summed E-state index contributed by atoms with van der Waals surface area (Å²) < 4.78 is 37.8. The number of fused-ring (bicyclic) bond motifs is 1. The van der Waals surface area contributed by atoms with Crippen LogP contribution in [0, 0.1) is 17.2 Å². The summed E-state index contributed by atoms with van der Waals surface area (Å²) in [6, 6.07) is 17.4. The molecule has 28 heavy (non-hydrogen) atoms. The minimum absolute atomic E-state index is 0.00729. The van der Waals surface area contributed by atoms with Crippen LogP contribution in [-0.2, 0) is 6.54 Å². The molecule has 148 valence electrons. The lowest BCUT2D eigenvalue weighted by atomic mass is 10.2. The molecule has 3 rings (SSSR count). The fraction of sp³-hybridized carbons (Fsp3) is 0.158. The predicted octanol–water partition coefficient (Wildman–Crippen LogP) is -1.03. The average Bonchev–Trinajstić information content (AvgIpc) is 2.61. The van der Waals surface area contributed by atoms with Crippen LogP contribution in [0.1, 0.15) is 12.7 Å². The van der Waals surface area contributed by atoms with Crippen molar-refractivity contribution < 1.29 is 33.4 Å². The molecule has 0 fully saturated rings. The number of benzene rings is 2. The number of hydrogen-bond donors (Lipinski definition) is 0. The van der Waals surface area contributed by atoms with Crippen molar-refractivity contribution in [2.24, 2.45) is 0 Å². The highest BCUT2D eigenvalue weighted by Crippen LogP contribution is 2.11. The van der Waals surface area contributed by atoms with Crippen molar-refractivity contribution >= 4 is 22.5 Å². The molecule has 0 bridgehead atoms. The maximum absolute atomic E-state index is 12.9. The molecule has 0 radical (unpaired) electrons. The van der Waals surface area contributed by atoms with Gasteiger partial charge < -0.3 is 0 Å². The number of aromatic nitrogens is 2. The Labute approximate surface area is 168 Å². The number of para-hydroxylation sites is 2. The first kappa shape index (κ1) is 22.0. The molecular weight excluding hydrogens is 407 g/mol. The zero-order valence-electron chi connectivity index (χ0n) is 15.2. The van der Waals surface area contributed by atoms with Crippen molar-refractivity contribution in [1.82, 2.24) is 4.57 Å². The van der Waals surface area contributed by atoms with Crippen molar-refractivity contribution in [2.75, 3.05) is 0 Å².